The van der Waals surface area contributed by atoms with Gasteiger partial charge in [0.2, 0.25) is 0 Å². The predicted molar refractivity (Wildman–Crippen MR) is 181 cm³/mol. The molecule has 0 radical (unpaired) electrons. The molecule has 0 heterocycles. The van der Waals surface area contributed by atoms with Crippen LogP contribution in [0.4, 0.5) is 4.79 Å². The Morgan fingerprint density at radius 2 is 0.488 bits per heavy atom. The number of carboxylic acid groups (broad SMARTS) is 2. The largest absolute Gasteiger partial charge is 0.503 e. The smallest absolute Gasteiger partial charge is 0.450 e. The Labute approximate surface area is 258 Å². The van der Waals surface area contributed by atoms with Gasteiger partial charge < -0.3 is 14.9 Å². The number of rotatable bonds is 34. The Morgan fingerprint density at radius 3 is 0.659 bits per heavy atom. The number of unbranched alkanes of at least 4 members (excludes halogenated alkanes) is 30. The van der Waals surface area contributed by atoms with Crippen LogP contribution in [0.25, 0.3) is 0 Å². The van der Waals surface area contributed by atoms with E-state index in [-0.39, 0.29) is 0 Å². The van der Waals surface area contributed by atoms with Gasteiger partial charge in [0.25, 0.3) is 0 Å². The highest BCUT2D eigenvalue weighted by Crippen LogP contribution is 2.15. The van der Waals surface area contributed by atoms with Gasteiger partial charge in [-0.15, -0.1) is 0 Å². The molecule has 0 saturated carbocycles. The van der Waals surface area contributed by atoms with Gasteiger partial charge >= 0.3 is 6.16 Å². The van der Waals surface area contributed by atoms with Crippen LogP contribution in [0.3, 0.4) is 0 Å². The minimum Gasteiger partial charge on any atom is -0.450 e. The summed E-state index contributed by atoms with van der Waals surface area (Å²) >= 11 is 0. The van der Waals surface area contributed by atoms with Crippen LogP contribution >= 0.6 is 0 Å². The van der Waals surface area contributed by atoms with Gasteiger partial charge in [0.05, 0.1) is 0 Å². The fourth-order valence-corrected chi connectivity index (χ4v) is 5.61. The summed E-state index contributed by atoms with van der Waals surface area (Å²) in [5, 5.41) is 13.9. The topological polar surface area (TPSA) is 66.8 Å². The van der Waals surface area contributed by atoms with E-state index >= 15 is 0 Å². The molecule has 41 heavy (non-hydrogen) atoms. The van der Waals surface area contributed by atoms with Crippen LogP contribution in [0.1, 0.15) is 219 Å². The molecule has 0 amide bonds. The first-order valence-corrected chi connectivity index (χ1v) is 18.6. The van der Waals surface area contributed by atoms with E-state index in [1.54, 1.807) is 0 Å². The number of hydrogen-bond donors (Lipinski definition) is 2. The summed E-state index contributed by atoms with van der Waals surface area (Å²) in [6, 6.07) is 0. The third-order valence-electron chi connectivity index (χ3n) is 8.28. The molecule has 0 saturated heterocycles. The van der Waals surface area contributed by atoms with E-state index in [1.807, 2.05) is 0 Å². The molecule has 4 heteroatoms. The standard InChI is InChI=1S/C36H74O.CH2O3/c1-3-5-7-9-11-13-15-17-19-21-23-25-27-29-31-33-35-37-36-34-32-30-28-26-24-22-20-18-16-14-12-10-8-6-4-2;2-1(3)4/h3-36H2,1-2H3;(H2,2,3,4). The monoisotopic (exact) mass is 585 g/mol. The average Bonchev–Trinajstić information content (AvgIpc) is 2.95. The number of carbonyl (C=O) groups is 1. The Balaban J connectivity index is 0. The Hall–Kier alpha value is -0.770. The minimum atomic E-state index is -1.83. The van der Waals surface area contributed by atoms with E-state index in [1.165, 1.54) is 205 Å². The van der Waals surface area contributed by atoms with Gasteiger partial charge in [0, 0.05) is 13.2 Å². The zero-order valence-corrected chi connectivity index (χ0v) is 28.3. The van der Waals surface area contributed by atoms with Crippen molar-refractivity contribution < 1.29 is 19.7 Å². The molecular formula is C37H76O4. The molecule has 0 aromatic carbocycles. The van der Waals surface area contributed by atoms with Crippen LogP contribution in [0.15, 0.2) is 0 Å². The fraction of sp³-hybridized carbons (Fsp3) is 0.973. The van der Waals surface area contributed by atoms with Crippen molar-refractivity contribution in [2.45, 2.75) is 219 Å². The van der Waals surface area contributed by atoms with Crippen LogP contribution in [0.2, 0.25) is 0 Å². The highest BCUT2D eigenvalue weighted by atomic mass is 16.6. The third kappa shape index (κ3) is 49.2. The summed E-state index contributed by atoms with van der Waals surface area (Å²) in [5.41, 5.74) is 0. The van der Waals surface area contributed by atoms with Crippen molar-refractivity contribution >= 4 is 6.16 Å². The van der Waals surface area contributed by atoms with Crippen molar-refractivity contribution in [2.75, 3.05) is 13.2 Å². The molecule has 0 aromatic rings. The first kappa shape index (κ1) is 42.4. The van der Waals surface area contributed by atoms with Gasteiger partial charge in [-0.1, -0.05) is 206 Å². The summed E-state index contributed by atoms with van der Waals surface area (Å²) in [5.74, 6) is 0. The molecule has 0 aliphatic carbocycles. The van der Waals surface area contributed by atoms with Crippen LogP contribution in [-0.2, 0) is 4.74 Å². The van der Waals surface area contributed by atoms with Crippen molar-refractivity contribution in [3.8, 4) is 0 Å². The van der Waals surface area contributed by atoms with Gasteiger partial charge in [0.15, 0.2) is 0 Å². The van der Waals surface area contributed by atoms with E-state index in [0.717, 1.165) is 13.2 Å². The SMILES string of the molecule is CCCCCCCCCCCCCCCCCCOCCCCCCCCCCCCCCCCCC.O=C(O)O. The van der Waals surface area contributed by atoms with E-state index in [0.29, 0.717) is 0 Å². The molecule has 248 valence electrons. The second-order valence-electron chi connectivity index (χ2n) is 12.5. The minimum absolute atomic E-state index is 0.997. The Bertz CT molecular complexity index is 416. The zero-order chi connectivity index (χ0) is 30.3. The number of ether oxygens (including phenoxy) is 1. The molecule has 0 rings (SSSR count). The first-order chi connectivity index (χ1) is 20.1. The average molecular weight is 585 g/mol. The van der Waals surface area contributed by atoms with Crippen molar-refractivity contribution in [1.29, 1.82) is 0 Å². The van der Waals surface area contributed by atoms with Crippen LogP contribution in [-0.4, -0.2) is 29.6 Å². The second kappa shape index (κ2) is 41.4. The summed E-state index contributed by atoms with van der Waals surface area (Å²) in [6.07, 6.45) is 44.2. The molecule has 0 spiro atoms. The molecular weight excluding hydrogens is 508 g/mol. The zero-order valence-electron chi connectivity index (χ0n) is 28.3. The van der Waals surface area contributed by atoms with Crippen LogP contribution < -0.4 is 0 Å². The predicted octanol–water partition coefficient (Wildman–Crippen LogP) is 13.7. The van der Waals surface area contributed by atoms with Crippen LogP contribution in [0, 0.1) is 0 Å². The lowest BCUT2D eigenvalue weighted by Gasteiger charge is -2.06. The van der Waals surface area contributed by atoms with E-state index in [2.05, 4.69) is 13.8 Å². The van der Waals surface area contributed by atoms with Gasteiger partial charge in [-0.3, -0.25) is 0 Å². The van der Waals surface area contributed by atoms with Crippen LogP contribution in [0.5, 0.6) is 0 Å². The Morgan fingerprint density at radius 1 is 0.341 bits per heavy atom. The van der Waals surface area contributed by atoms with E-state index in [4.69, 9.17) is 19.7 Å². The lowest BCUT2D eigenvalue weighted by molar-refractivity contribution is 0.125. The molecule has 4 nitrogen and oxygen atoms in total. The maximum atomic E-state index is 8.56. The normalized spacial score (nSPS) is 11.0. The second-order valence-corrected chi connectivity index (χ2v) is 12.5. The van der Waals surface area contributed by atoms with Crippen molar-refractivity contribution in [2.24, 2.45) is 0 Å². The lowest BCUT2D eigenvalue weighted by Crippen LogP contribution is -1.97. The van der Waals surface area contributed by atoms with Crippen molar-refractivity contribution in [3.63, 3.8) is 0 Å². The van der Waals surface area contributed by atoms with Crippen molar-refractivity contribution in [3.05, 3.63) is 0 Å². The molecule has 0 aliphatic heterocycles. The number of hydrogen-bond acceptors (Lipinski definition) is 2. The van der Waals surface area contributed by atoms with Gasteiger partial charge in [-0.25, -0.2) is 4.79 Å². The summed E-state index contributed by atoms with van der Waals surface area (Å²) in [4.78, 5) is 8.56. The summed E-state index contributed by atoms with van der Waals surface area (Å²) in [6.45, 7) is 6.60. The first-order valence-electron chi connectivity index (χ1n) is 18.6. The molecule has 0 bridgehead atoms. The van der Waals surface area contributed by atoms with Gasteiger partial charge in [-0.05, 0) is 12.8 Å². The van der Waals surface area contributed by atoms with Gasteiger partial charge in [-0.2, -0.15) is 0 Å². The lowest BCUT2D eigenvalue weighted by atomic mass is 10.0. The molecule has 2 N–H and O–H groups in total. The summed E-state index contributed by atoms with van der Waals surface area (Å²) < 4.78 is 5.87. The quantitative estimate of drug-likeness (QED) is 0.0738. The maximum absolute atomic E-state index is 8.56. The Kier molecular flexibility index (Phi) is 42.7. The molecule has 0 fully saturated rings. The summed E-state index contributed by atoms with van der Waals surface area (Å²) in [7, 11) is 0. The highest BCUT2D eigenvalue weighted by molar-refractivity contribution is 5.53. The maximum Gasteiger partial charge on any atom is 0.503 e. The molecule has 0 aliphatic rings. The molecule has 0 atom stereocenters. The fourth-order valence-electron chi connectivity index (χ4n) is 5.61. The molecule has 0 unspecified atom stereocenters. The van der Waals surface area contributed by atoms with Gasteiger partial charge in [0.1, 0.15) is 0 Å². The van der Waals surface area contributed by atoms with E-state index < -0.39 is 6.16 Å². The van der Waals surface area contributed by atoms with Crippen molar-refractivity contribution in [1.82, 2.24) is 0 Å². The highest BCUT2D eigenvalue weighted by Gasteiger charge is 1.97. The third-order valence-corrected chi connectivity index (χ3v) is 8.28. The van der Waals surface area contributed by atoms with E-state index in [9.17, 15) is 0 Å². The molecule has 0 aromatic heterocycles.